The molecule has 1 N–H and O–H groups in total. The summed E-state index contributed by atoms with van der Waals surface area (Å²) in [6, 6.07) is 7.97. The Balaban J connectivity index is 1.65. The molecule has 0 bridgehead atoms. The summed E-state index contributed by atoms with van der Waals surface area (Å²) in [5.41, 5.74) is 4.47. The number of benzene rings is 1. The molecule has 1 aliphatic carbocycles. The number of aryl methyl sites for hydroxylation is 3. The van der Waals surface area contributed by atoms with Gasteiger partial charge < -0.3 is 10.2 Å². The molecule has 0 spiro atoms. The van der Waals surface area contributed by atoms with E-state index in [9.17, 15) is 9.59 Å². The van der Waals surface area contributed by atoms with Gasteiger partial charge in [-0.25, -0.2) is 0 Å². The number of nitrogens with zero attached hydrogens (tertiary/aromatic N) is 1. The van der Waals surface area contributed by atoms with E-state index in [2.05, 4.69) is 32.2 Å². The predicted octanol–water partition coefficient (Wildman–Crippen LogP) is 5.23. The van der Waals surface area contributed by atoms with Crippen LogP contribution in [0.3, 0.4) is 0 Å². The van der Waals surface area contributed by atoms with E-state index in [0.29, 0.717) is 5.92 Å². The van der Waals surface area contributed by atoms with Gasteiger partial charge >= 0.3 is 0 Å². The maximum Gasteiger partial charge on any atom is 0.264 e. The second-order valence-corrected chi connectivity index (χ2v) is 10.5. The Morgan fingerprint density at radius 1 is 1.21 bits per heavy atom. The zero-order chi connectivity index (χ0) is 21.3. The van der Waals surface area contributed by atoms with Gasteiger partial charge in [-0.15, -0.1) is 11.3 Å². The zero-order valence-electron chi connectivity index (χ0n) is 18.4. The molecule has 1 atom stereocenters. The first-order valence-corrected chi connectivity index (χ1v) is 11.1. The maximum atomic E-state index is 12.9. The van der Waals surface area contributed by atoms with Gasteiger partial charge in [0.1, 0.15) is 0 Å². The third-order valence-corrected chi connectivity index (χ3v) is 7.22. The molecule has 0 radical (unpaired) electrons. The number of amides is 2. The van der Waals surface area contributed by atoms with Crippen LogP contribution in [0.1, 0.15) is 58.4 Å². The Bertz CT molecular complexity index is 903. The van der Waals surface area contributed by atoms with Crippen molar-refractivity contribution in [1.29, 1.82) is 0 Å². The lowest BCUT2D eigenvalue weighted by Crippen LogP contribution is -2.34. The number of para-hydroxylation sites is 1. The molecule has 1 aromatic carbocycles. The number of hydrogen-bond donors (Lipinski definition) is 1. The fraction of sp³-hybridized carbons (Fsp3) is 0.500. The second kappa shape index (κ2) is 8.31. The van der Waals surface area contributed by atoms with E-state index in [1.807, 2.05) is 32.0 Å². The molecule has 0 saturated carbocycles. The highest BCUT2D eigenvalue weighted by Gasteiger charge is 2.31. The summed E-state index contributed by atoms with van der Waals surface area (Å²) in [6.45, 7) is 10.9. The van der Waals surface area contributed by atoms with Crippen LogP contribution < -0.4 is 5.32 Å². The first kappa shape index (κ1) is 21.6. The van der Waals surface area contributed by atoms with Crippen molar-refractivity contribution in [2.45, 2.75) is 53.9 Å². The van der Waals surface area contributed by atoms with Gasteiger partial charge in [-0.05, 0) is 67.2 Å². The van der Waals surface area contributed by atoms with Gasteiger partial charge in [0.05, 0.1) is 11.4 Å². The number of nitrogens with one attached hydrogen (secondary N) is 1. The van der Waals surface area contributed by atoms with Crippen LogP contribution in [0.15, 0.2) is 24.3 Å². The SMILES string of the molecule is Cc1cccc(C)c1NC(=O)CN(C)C(=O)c1cc2c(s1)CCC(C(C)(C)C)C2. The van der Waals surface area contributed by atoms with Crippen LogP contribution in [0, 0.1) is 25.2 Å². The van der Waals surface area contributed by atoms with E-state index < -0.39 is 0 Å². The van der Waals surface area contributed by atoms with Crippen molar-refractivity contribution < 1.29 is 9.59 Å². The number of likely N-dealkylation sites (N-methyl/N-ethyl adjacent to an activating group) is 1. The predicted molar refractivity (Wildman–Crippen MR) is 121 cm³/mol. The van der Waals surface area contributed by atoms with E-state index in [1.165, 1.54) is 21.8 Å². The van der Waals surface area contributed by atoms with Crippen LogP contribution in [-0.4, -0.2) is 30.3 Å². The molecule has 156 valence electrons. The number of carbonyl (C=O) groups is 2. The molecule has 5 heteroatoms. The summed E-state index contributed by atoms with van der Waals surface area (Å²) in [5, 5.41) is 2.96. The number of fused-ring (bicyclic) bond motifs is 1. The molecular weight excluding hydrogens is 380 g/mol. The molecule has 0 fully saturated rings. The van der Waals surface area contributed by atoms with Crippen molar-refractivity contribution in [2.75, 3.05) is 18.9 Å². The number of anilines is 1. The van der Waals surface area contributed by atoms with E-state index >= 15 is 0 Å². The molecule has 2 amide bonds. The Morgan fingerprint density at radius 3 is 2.48 bits per heavy atom. The third-order valence-electron chi connectivity index (χ3n) is 5.99. The van der Waals surface area contributed by atoms with Crippen LogP contribution in [0.2, 0.25) is 0 Å². The van der Waals surface area contributed by atoms with Gasteiger partial charge in [0.25, 0.3) is 5.91 Å². The highest BCUT2D eigenvalue weighted by atomic mass is 32.1. The summed E-state index contributed by atoms with van der Waals surface area (Å²) in [5.74, 6) is 0.397. The first-order valence-electron chi connectivity index (χ1n) is 10.3. The van der Waals surface area contributed by atoms with Crippen LogP contribution >= 0.6 is 11.3 Å². The third kappa shape index (κ3) is 4.89. The van der Waals surface area contributed by atoms with Gasteiger partial charge in [0.15, 0.2) is 0 Å². The zero-order valence-corrected chi connectivity index (χ0v) is 19.2. The Kier molecular flexibility index (Phi) is 6.18. The van der Waals surface area contributed by atoms with Gasteiger partial charge in [0, 0.05) is 17.6 Å². The fourth-order valence-electron chi connectivity index (χ4n) is 4.03. The Labute approximate surface area is 178 Å². The summed E-state index contributed by atoms with van der Waals surface area (Å²) >= 11 is 1.60. The van der Waals surface area contributed by atoms with Crippen molar-refractivity contribution in [1.82, 2.24) is 4.90 Å². The summed E-state index contributed by atoms with van der Waals surface area (Å²) in [6.07, 6.45) is 3.27. The lowest BCUT2D eigenvalue weighted by molar-refractivity contribution is -0.116. The Morgan fingerprint density at radius 2 is 1.86 bits per heavy atom. The minimum Gasteiger partial charge on any atom is -0.332 e. The lowest BCUT2D eigenvalue weighted by Gasteiger charge is -2.33. The van der Waals surface area contributed by atoms with Gasteiger partial charge in [-0.2, -0.15) is 0 Å². The minimum absolute atomic E-state index is 0.0415. The quantitative estimate of drug-likeness (QED) is 0.748. The molecule has 0 aliphatic heterocycles. The molecule has 1 aliphatic rings. The normalized spacial score (nSPS) is 16.3. The smallest absolute Gasteiger partial charge is 0.264 e. The molecule has 4 nitrogen and oxygen atoms in total. The van der Waals surface area contributed by atoms with Crippen molar-refractivity contribution in [2.24, 2.45) is 11.3 Å². The molecule has 1 aromatic heterocycles. The second-order valence-electron chi connectivity index (χ2n) is 9.34. The van der Waals surface area contributed by atoms with E-state index in [-0.39, 0.29) is 23.8 Å². The minimum atomic E-state index is -0.174. The van der Waals surface area contributed by atoms with Crippen molar-refractivity contribution in [3.63, 3.8) is 0 Å². The van der Waals surface area contributed by atoms with Crippen molar-refractivity contribution >= 4 is 28.8 Å². The first-order chi connectivity index (χ1) is 13.6. The molecule has 2 aromatic rings. The number of rotatable bonds is 4. The standard InChI is InChI=1S/C24H32N2O2S/c1-15-8-7-9-16(2)22(15)25-21(27)14-26(6)23(28)20-13-17-12-18(24(3,4)5)10-11-19(17)29-20/h7-9,13,18H,10-12,14H2,1-6H3,(H,25,27). The van der Waals surface area contributed by atoms with Gasteiger partial charge in [-0.1, -0.05) is 39.0 Å². The lowest BCUT2D eigenvalue weighted by atomic mass is 9.72. The largest absolute Gasteiger partial charge is 0.332 e. The molecule has 1 heterocycles. The van der Waals surface area contributed by atoms with Gasteiger partial charge in [0.2, 0.25) is 5.91 Å². The van der Waals surface area contributed by atoms with E-state index in [0.717, 1.165) is 34.5 Å². The van der Waals surface area contributed by atoms with Crippen LogP contribution in [0.25, 0.3) is 0 Å². The van der Waals surface area contributed by atoms with E-state index in [1.54, 1.807) is 18.4 Å². The highest BCUT2D eigenvalue weighted by molar-refractivity contribution is 7.14. The fourth-order valence-corrected chi connectivity index (χ4v) is 5.24. The average molecular weight is 413 g/mol. The summed E-state index contributed by atoms with van der Waals surface area (Å²) in [7, 11) is 1.70. The molecular formula is C24H32N2O2S. The van der Waals surface area contributed by atoms with Crippen LogP contribution in [-0.2, 0) is 17.6 Å². The monoisotopic (exact) mass is 412 g/mol. The van der Waals surface area contributed by atoms with Gasteiger partial charge in [-0.3, -0.25) is 9.59 Å². The molecule has 3 rings (SSSR count). The number of carbonyl (C=O) groups excluding carboxylic acids is 2. The van der Waals surface area contributed by atoms with Crippen LogP contribution in [0.4, 0.5) is 5.69 Å². The average Bonchev–Trinajstić information content (AvgIpc) is 3.06. The van der Waals surface area contributed by atoms with Crippen molar-refractivity contribution in [3.8, 4) is 0 Å². The molecule has 1 unspecified atom stereocenters. The number of hydrogen-bond acceptors (Lipinski definition) is 3. The van der Waals surface area contributed by atoms with E-state index in [4.69, 9.17) is 0 Å². The maximum absolute atomic E-state index is 12.9. The summed E-state index contributed by atoms with van der Waals surface area (Å²) < 4.78 is 0. The van der Waals surface area contributed by atoms with Crippen molar-refractivity contribution in [3.05, 3.63) is 50.7 Å². The topological polar surface area (TPSA) is 49.4 Å². The molecule has 0 saturated heterocycles. The summed E-state index contributed by atoms with van der Waals surface area (Å²) in [4.78, 5) is 29.0. The molecule has 29 heavy (non-hydrogen) atoms. The Hall–Kier alpha value is -2.14. The highest BCUT2D eigenvalue weighted by Crippen LogP contribution is 2.40. The van der Waals surface area contributed by atoms with Crippen LogP contribution in [0.5, 0.6) is 0 Å². The number of thiophene rings is 1.